The second-order valence-electron chi connectivity index (χ2n) is 3.15. The molecule has 3 N–H and O–H groups in total. The lowest BCUT2D eigenvalue weighted by molar-refractivity contribution is 0.100. The van der Waals surface area contributed by atoms with E-state index < -0.39 is 0 Å². The Morgan fingerprint density at radius 1 is 1.33 bits per heavy atom. The molecule has 2 aromatic rings. The van der Waals surface area contributed by atoms with Crippen molar-refractivity contribution in [3.05, 3.63) is 42.1 Å². The molecule has 76 valence electrons. The van der Waals surface area contributed by atoms with Gasteiger partial charge in [0.2, 0.25) is 0 Å². The van der Waals surface area contributed by atoms with Gasteiger partial charge in [-0.1, -0.05) is 30.3 Å². The van der Waals surface area contributed by atoms with E-state index in [0.717, 1.165) is 11.3 Å². The first-order valence-electron chi connectivity index (χ1n) is 4.65. The van der Waals surface area contributed by atoms with Gasteiger partial charge in [0.15, 0.2) is 5.78 Å². The molecular formula is C11H11N3O. The molecule has 0 atom stereocenters. The first-order chi connectivity index (χ1) is 7.33. The van der Waals surface area contributed by atoms with E-state index in [-0.39, 0.29) is 12.3 Å². The van der Waals surface area contributed by atoms with Gasteiger partial charge in [0.1, 0.15) is 0 Å². The average molecular weight is 201 g/mol. The number of carbonyl (C=O) groups is 1. The molecule has 0 unspecified atom stereocenters. The van der Waals surface area contributed by atoms with E-state index in [1.54, 1.807) is 0 Å². The van der Waals surface area contributed by atoms with Crippen LogP contribution in [0.15, 0.2) is 36.5 Å². The largest absolute Gasteiger partial charge is 0.324 e. The van der Waals surface area contributed by atoms with E-state index >= 15 is 0 Å². The number of H-pyrrole nitrogens is 1. The summed E-state index contributed by atoms with van der Waals surface area (Å²) in [6, 6.07) is 9.58. The van der Waals surface area contributed by atoms with Crippen molar-refractivity contribution in [3.63, 3.8) is 0 Å². The van der Waals surface area contributed by atoms with Gasteiger partial charge < -0.3 is 5.73 Å². The van der Waals surface area contributed by atoms with Crippen molar-refractivity contribution in [1.29, 1.82) is 0 Å². The Bertz CT molecular complexity index is 462. The highest BCUT2D eigenvalue weighted by molar-refractivity contribution is 6.02. The number of hydrogen-bond donors (Lipinski definition) is 2. The van der Waals surface area contributed by atoms with Crippen molar-refractivity contribution < 1.29 is 4.79 Å². The number of Topliss-reactive ketones (excluding diaryl/α,β-unsaturated/α-hetero) is 1. The van der Waals surface area contributed by atoms with Gasteiger partial charge in [0.05, 0.1) is 24.0 Å². The first kappa shape index (κ1) is 9.61. The van der Waals surface area contributed by atoms with Crippen LogP contribution in [0, 0.1) is 0 Å². The maximum absolute atomic E-state index is 11.5. The van der Waals surface area contributed by atoms with Gasteiger partial charge >= 0.3 is 0 Å². The summed E-state index contributed by atoms with van der Waals surface area (Å²) < 4.78 is 0. The molecule has 4 nitrogen and oxygen atoms in total. The molecule has 1 aromatic carbocycles. The number of ketones is 1. The predicted molar refractivity (Wildman–Crippen MR) is 57.4 cm³/mol. The molecule has 4 heteroatoms. The molecular weight excluding hydrogens is 190 g/mol. The van der Waals surface area contributed by atoms with E-state index in [0.29, 0.717) is 5.56 Å². The second kappa shape index (κ2) is 4.06. The predicted octanol–water partition coefficient (Wildman–Crippen LogP) is 1.22. The zero-order chi connectivity index (χ0) is 10.7. The summed E-state index contributed by atoms with van der Waals surface area (Å²) in [6.45, 7) is -0.000628. The second-order valence-corrected chi connectivity index (χ2v) is 3.15. The maximum atomic E-state index is 11.5. The standard InChI is InChI=1S/C11H11N3O/c12-6-10(15)9-7-13-14-11(9)8-4-2-1-3-5-8/h1-5,7H,6,12H2,(H,13,14). The zero-order valence-electron chi connectivity index (χ0n) is 8.10. The molecule has 0 radical (unpaired) electrons. The fourth-order valence-electron chi connectivity index (χ4n) is 1.43. The van der Waals surface area contributed by atoms with Gasteiger partial charge in [-0.3, -0.25) is 9.89 Å². The molecule has 0 aliphatic carbocycles. The van der Waals surface area contributed by atoms with Crippen LogP contribution in [0.2, 0.25) is 0 Å². The number of nitrogens with one attached hydrogen (secondary N) is 1. The van der Waals surface area contributed by atoms with E-state index in [4.69, 9.17) is 5.73 Å². The van der Waals surface area contributed by atoms with Gasteiger partial charge in [-0.2, -0.15) is 5.10 Å². The molecule has 1 heterocycles. The Hall–Kier alpha value is -1.94. The third-order valence-electron chi connectivity index (χ3n) is 2.19. The molecule has 0 bridgehead atoms. The summed E-state index contributed by atoms with van der Waals surface area (Å²) >= 11 is 0. The summed E-state index contributed by atoms with van der Waals surface area (Å²) in [5, 5.41) is 6.68. The quantitative estimate of drug-likeness (QED) is 0.733. The van der Waals surface area contributed by atoms with E-state index in [2.05, 4.69) is 10.2 Å². The van der Waals surface area contributed by atoms with Crippen LogP contribution in [0.1, 0.15) is 10.4 Å². The topological polar surface area (TPSA) is 71.8 Å². The lowest BCUT2D eigenvalue weighted by Gasteiger charge is -2.00. The first-order valence-corrected chi connectivity index (χ1v) is 4.65. The van der Waals surface area contributed by atoms with E-state index in [1.807, 2.05) is 30.3 Å². The monoisotopic (exact) mass is 201 g/mol. The third-order valence-corrected chi connectivity index (χ3v) is 2.19. The summed E-state index contributed by atoms with van der Waals surface area (Å²) in [5.41, 5.74) is 7.53. The Kier molecular flexibility index (Phi) is 2.60. The van der Waals surface area contributed by atoms with Crippen molar-refractivity contribution >= 4 is 5.78 Å². The highest BCUT2D eigenvalue weighted by Crippen LogP contribution is 2.20. The SMILES string of the molecule is NCC(=O)c1cn[nH]c1-c1ccccc1. The molecule has 0 fully saturated rings. The highest BCUT2D eigenvalue weighted by atomic mass is 16.1. The van der Waals surface area contributed by atoms with Crippen LogP contribution in [-0.2, 0) is 0 Å². The van der Waals surface area contributed by atoms with Crippen molar-refractivity contribution in [3.8, 4) is 11.3 Å². The maximum Gasteiger partial charge on any atom is 0.180 e. The zero-order valence-corrected chi connectivity index (χ0v) is 8.10. The number of hydrogen-bond acceptors (Lipinski definition) is 3. The normalized spacial score (nSPS) is 10.2. The smallest absolute Gasteiger partial charge is 0.180 e. The average Bonchev–Trinajstić information content (AvgIpc) is 2.78. The number of aromatic amines is 1. The van der Waals surface area contributed by atoms with Crippen LogP contribution in [0.5, 0.6) is 0 Å². The van der Waals surface area contributed by atoms with Crippen molar-refractivity contribution in [2.45, 2.75) is 0 Å². The Balaban J connectivity index is 2.46. The minimum absolute atomic E-state index is 0.000628. The van der Waals surface area contributed by atoms with Crippen LogP contribution >= 0.6 is 0 Å². The minimum atomic E-state index is -0.109. The number of rotatable bonds is 3. The van der Waals surface area contributed by atoms with Crippen molar-refractivity contribution in [2.24, 2.45) is 5.73 Å². The number of aromatic nitrogens is 2. The van der Waals surface area contributed by atoms with Gasteiger partial charge in [0.25, 0.3) is 0 Å². The fourth-order valence-corrected chi connectivity index (χ4v) is 1.43. The summed E-state index contributed by atoms with van der Waals surface area (Å²) in [7, 11) is 0. The molecule has 2 rings (SSSR count). The van der Waals surface area contributed by atoms with E-state index in [9.17, 15) is 4.79 Å². The van der Waals surface area contributed by atoms with Gasteiger partial charge in [-0.25, -0.2) is 0 Å². The molecule has 0 aliphatic rings. The molecule has 0 spiro atoms. The van der Waals surface area contributed by atoms with Crippen LogP contribution in [0.4, 0.5) is 0 Å². The number of nitrogens with zero attached hydrogens (tertiary/aromatic N) is 1. The van der Waals surface area contributed by atoms with Crippen molar-refractivity contribution in [2.75, 3.05) is 6.54 Å². The highest BCUT2D eigenvalue weighted by Gasteiger charge is 2.12. The molecule has 0 aliphatic heterocycles. The Labute approximate surface area is 87.1 Å². The van der Waals surface area contributed by atoms with Gasteiger partial charge in [0, 0.05) is 5.56 Å². The van der Waals surface area contributed by atoms with E-state index in [1.165, 1.54) is 6.20 Å². The van der Waals surface area contributed by atoms with Gasteiger partial charge in [-0.05, 0) is 0 Å². The Morgan fingerprint density at radius 2 is 2.07 bits per heavy atom. The molecule has 1 aromatic heterocycles. The molecule has 0 saturated heterocycles. The lowest BCUT2D eigenvalue weighted by Crippen LogP contribution is -2.13. The number of benzene rings is 1. The summed E-state index contributed by atoms with van der Waals surface area (Å²) in [6.07, 6.45) is 1.51. The van der Waals surface area contributed by atoms with Gasteiger partial charge in [-0.15, -0.1) is 0 Å². The van der Waals surface area contributed by atoms with Crippen LogP contribution in [-0.4, -0.2) is 22.5 Å². The summed E-state index contributed by atoms with van der Waals surface area (Å²) in [4.78, 5) is 11.5. The van der Waals surface area contributed by atoms with Crippen LogP contribution in [0.3, 0.4) is 0 Å². The molecule has 0 amide bonds. The fraction of sp³-hybridized carbons (Fsp3) is 0.0909. The van der Waals surface area contributed by atoms with Crippen LogP contribution < -0.4 is 5.73 Å². The Morgan fingerprint density at radius 3 is 2.73 bits per heavy atom. The van der Waals surface area contributed by atoms with Crippen molar-refractivity contribution in [1.82, 2.24) is 10.2 Å². The third kappa shape index (κ3) is 1.80. The molecule has 15 heavy (non-hydrogen) atoms. The lowest BCUT2D eigenvalue weighted by atomic mass is 10.1. The molecule has 0 saturated carbocycles. The minimum Gasteiger partial charge on any atom is -0.324 e. The van der Waals surface area contributed by atoms with Crippen LogP contribution in [0.25, 0.3) is 11.3 Å². The number of carbonyl (C=O) groups excluding carboxylic acids is 1. The summed E-state index contributed by atoms with van der Waals surface area (Å²) in [5.74, 6) is -0.109. The number of nitrogens with two attached hydrogens (primary N) is 1.